The van der Waals surface area contributed by atoms with Gasteiger partial charge in [-0.05, 0) is 62.7 Å². The number of unbranched alkanes of at least 4 members (excludes halogenated alkanes) is 4. The standard InChI is InChI=1S/C22H36N4OS/c1-3-4-5-6-7-8-19-24-25-21(26(19)2)28-15-20(27)23-22-12-16-9-17(13-22)11-18(10-16)14-22/h16-18H,3-15H2,1-2H3,(H,23,27). The topological polar surface area (TPSA) is 59.8 Å². The molecule has 4 aliphatic carbocycles. The van der Waals surface area contributed by atoms with E-state index in [2.05, 4.69) is 27.0 Å². The minimum atomic E-state index is 0.107. The number of nitrogens with zero attached hydrogens (tertiary/aromatic N) is 3. The molecule has 0 aromatic carbocycles. The van der Waals surface area contributed by atoms with E-state index in [1.165, 1.54) is 82.4 Å². The summed E-state index contributed by atoms with van der Waals surface area (Å²) in [7, 11) is 2.03. The van der Waals surface area contributed by atoms with Gasteiger partial charge in [0, 0.05) is 19.0 Å². The van der Waals surface area contributed by atoms with Crippen molar-refractivity contribution in [1.29, 1.82) is 0 Å². The first kappa shape index (κ1) is 20.2. The molecule has 0 unspecified atom stereocenters. The molecule has 1 amide bonds. The zero-order valence-corrected chi connectivity index (χ0v) is 18.4. The average Bonchev–Trinajstić information content (AvgIpc) is 2.98. The summed E-state index contributed by atoms with van der Waals surface area (Å²) in [4.78, 5) is 12.7. The van der Waals surface area contributed by atoms with Gasteiger partial charge in [0.15, 0.2) is 5.16 Å². The van der Waals surface area contributed by atoms with Crippen LogP contribution >= 0.6 is 11.8 Å². The maximum Gasteiger partial charge on any atom is 0.230 e. The Kier molecular flexibility index (Phi) is 6.34. The van der Waals surface area contributed by atoms with E-state index in [4.69, 9.17) is 0 Å². The van der Waals surface area contributed by atoms with Crippen molar-refractivity contribution in [3.8, 4) is 0 Å². The van der Waals surface area contributed by atoms with Crippen LogP contribution in [0.1, 0.15) is 83.4 Å². The first-order valence-corrected chi connectivity index (χ1v) is 12.4. The lowest BCUT2D eigenvalue weighted by Gasteiger charge is -2.56. The lowest BCUT2D eigenvalue weighted by molar-refractivity contribution is -0.124. The van der Waals surface area contributed by atoms with Gasteiger partial charge in [0.25, 0.3) is 0 Å². The highest BCUT2D eigenvalue weighted by Crippen LogP contribution is 2.55. The van der Waals surface area contributed by atoms with Crippen LogP contribution < -0.4 is 5.32 Å². The number of thioether (sulfide) groups is 1. The molecule has 1 N–H and O–H groups in total. The Morgan fingerprint density at radius 3 is 2.36 bits per heavy atom. The number of hydrogen-bond acceptors (Lipinski definition) is 4. The largest absolute Gasteiger partial charge is 0.350 e. The Hall–Kier alpha value is -1.04. The Bertz CT molecular complexity index is 651. The maximum absolute atomic E-state index is 12.7. The Labute approximate surface area is 173 Å². The highest BCUT2D eigenvalue weighted by molar-refractivity contribution is 7.99. The van der Waals surface area contributed by atoms with Crippen LogP contribution in [0.5, 0.6) is 0 Å². The molecule has 4 fully saturated rings. The quantitative estimate of drug-likeness (QED) is 0.460. The number of aromatic nitrogens is 3. The Balaban J connectivity index is 1.24. The number of carbonyl (C=O) groups excluding carboxylic acids is 1. The smallest absolute Gasteiger partial charge is 0.230 e. The third-order valence-electron chi connectivity index (χ3n) is 7.20. The Morgan fingerprint density at radius 1 is 1.07 bits per heavy atom. The van der Waals surface area contributed by atoms with Crippen molar-refractivity contribution in [3.05, 3.63) is 5.82 Å². The fourth-order valence-electron chi connectivity index (χ4n) is 6.30. The van der Waals surface area contributed by atoms with Crippen LogP contribution in [0.15, 0.2) is 5.16 Å². The van der Waals surface area contributed by atoms with Gasteiger partial charge in [-0.3, -0.25) is 4.79 Å². The van der Waals surface area contributed by atoms with Crippen LogP contribution in [0, 0.1) is 17.8 Å². The maximum atomic E-state index is 12.7. The second kappa shape index (κ2) is 8.76. The predicted molar refractivity (Wildman–Crippen MR) is 113 cm³/mol. The molecule has 28 heavy (non-hydrogen) atoms. The molecule has 4 saturated carbocycles. The molecule has 0 saturated heterocycles. The van der Waals surface area contributed by atoms with Gasteiger partial charge >= 0.3 is 0 Å². The normalized spacial score (nSPS) is 30.7. The molecule has 1 heterocycles. The number of carbonyl (C=O) groups is 1. The summed E-state index contributed by atoms with van der Waals surface area (Å²) < 4.78 is 2.07. The number of hydrogen-bond donors (Lipinski definition) is 1. The van der Waals surface area contributed by atoms with E-state index < -0.39 is 0 Å². The van der Waals surface area contributed by atoms with Crippen LogP contribution in [0.4, 0.5) is 0 Å². The second-order valence-electron chi connectivity index (χ2n) is 9.66. The van der Waals surface area contributed by atoms with Gasteiger partial charge in [0.1, 0.15) is 5.82 Å². The first-order chi connectivity index (χ1) is 13.6. The van der Waals surface area contributed by atoms with Crippen LogP contribution in [0.3, 0.4) is 0 Å². The highest BCUT2D eigenvalue weighted by Gasteiger charge is 2.51. The van der Waals surface area contributed by atoms with Crippen molar-refractivity contribution >= 4 is 17.7 Å². The molecule has 156 valence electrons. The highest BCUT2D eigenvalue weighted by atomic mass is 32.2. The molecule has 6 heteroatoms. The Morgan fingerprint density at radius 2 is 1.71 bits per heavy atom. The number of aryl methyl sites for hydroxylation is 1. The van der Waals surface area contributed by atoms with E-state index in [0.29, 0.717) is 5.75 Å². The van der Waals surface area contributed by atoms with Gasteiger partial charge in [0.05, 0.1) is 5.75 Å². The van der Waals surface area contributed by atoms with Gasteiger partial charge < -0.3 is 9.88 Å². The van der Waals surface area contributed by atoms with E-state index in [1.54, 1.807) is 0 Å². The predicted octanol–water partition coefficient (Wildman–Crippen LogP) is 4.51. The molecule has 0 atom stereocenters. The lowest BCUT2D eigenvalue weighted by atomic mass is 9.53. The minimum Gasteiger partial charge on any atom is -0.350 e. The molecule has 0 radical (unpaired) electrons. The summed E-state index contributed by atoms with van der Waals surface area (Å²) in [5.41, 5.74) is 0.107. The van der Waals surface area contributed by atoms with E-state index in [1.807, 2.05) is 7.05 Å². The van der Waals surface area contributed by atoms with Crippen LogP contribution in [0.2, 0.25) is 0 Å². The third-order valence-corrected chi connectivity index (χ3v) is 8.22. The molecule has 5 rings (SSSR count). The molecule has 0 aliphatic heterocycles. The van der Waals surface area contributed by atoms with Crippen molar-refractivity contribution in [3.63, 3.8) is 0 Å². The molecule has 1 aromatic heterocycles. The van der Waals surface area contributed by atoms with Gasteiger partial charge in [-0.25, -0.2) is 0 Å². The van der Waals surface area contributed by atoms with Crippen LogP contribution in [0.25, 0.3) is 0 Å². The second-order valence-corrected chi connectivity index (χ2v) is 10.6. The van der Waals surface area contributed by atoms with Crippen molar-refractivity contribution in [2.24, 2.45) is 24.8 Å². The zero-order chi connectivity index (χ0) is 19.6. The van der Waals surface area contributed by atoms with E-state index in [9.17, 15) is 4.79 Å². The minimum absolute atomic E-state index is 0.107. The lowest BCUT2D eigenvalue weighted by Crippen LogP contribution is -2.60. The fraction of sp³-hybridized carbons (Fsp3) is 0.864. The van der Waals surface area contributed by atoms with Gasteiger partial charge in [-0.1, -0.05) is 44.4 Å². The number of rotatable bonds is 10. The third kappa shape index (κ3) is 4.58. The van der Waals surface area contributed by atoms with Gasteiger partial charge in [-0.2, -0.15) is 0 Å². The summed E-state index contributed by atoms with van der Waals surface area (Å²) in [6.07, 6.45) is 15.2. The number of nitrogens with one attached hydrogen (secondary N) is 1. The molecule has 4 aliphatic rings. The van der Waals surface area contributed by atoms with Gasteiger partial charge in [0.2, 0.25) is 5.91 Å². The monoisotopic (exact) mass is 404 g/mol. The zero-order valence-electron chi connectivity index (χ0n) is 17.6. The van der Waals surface area contributed by atoms with Crippen LogP contribution in [-0.4, -0.2) is 32.0 Å². The molecular formula is C22H36N4OS. The molecule has 4 bridgehead atoms. The van der Waals surface area contributed by atoms with Crippen LogP contribution in [-0.2, 0) is 18.3 Å². The number of amides is 1. The summed E-state index contributed by atoms with van der Waals surface area (Å²) in [6.45, 7) is 2.24. The van der Waals surface area contributed by atoms with Gasteiger partial charge in [-0.15, -0.1) is 10.2 Å². The van der Waals surface area contributed by atoms with Crippen molar-refractivity contribution in [2.75, 3.05) is 5.75 Å². The van der Waals surface area contributed by atoms with Crippen molar-refractivity contribution < 1.29 is 4.79 Å². The molecular weight excluding hydrogens is 368 g/mol. The summed E-state index contributed by atoms with van der Waals surface area (Å²) in [5.74, 6) is 4.24. The van der Waals surface area contributed by atoms with E-state index in [-0.39, 0.29) is 11.4 Å². The molecule has 0 spiro atoms. The SMILES string of the molecule is CCCCCCCc1nnc(SCC(=O)NC23CC4CC(CC(C4)C2)C3)n1C. The summed E-state index contributed by atoms with van der Waals surface area (Å²) in [6, 6.07) is 0. The first-order valence-electron chi connectivity index (χ1n) is 11.4. The van der Waals surface area contributed by atoms with Crippen molar-refractivity contribution in [2.45, 2.75) is 94.7 Å². The fourth-order valence-corrected chi connectivity index (χ4v) is 7.03. The summed E-state index contributed by atoms with van der Waals surface area (Å²) in [5, 5.41) is 13.0. The molecule has 5 nitrogen and oxygen atoms in total. The van der Waals surface area contributed by atoms with Crippen molar-refractivity contribution in [1.82, 2.24) is 20.1 Å². The van der Waals surface area contributed by atoms with E-state index >= 15 is 0 Å². The van der Waals surface area contributed by atoms with E-state index in [0.717, 1.165) is 35.2 Å². The molecule has 1 aromatic rings. The average molecular weight is 405 g/mol. The summed E-state index contributed by atoms with van der Waals surface area (Å²) >= 11 is 1.53.